The highest BCUT2D eigenvalue weighted by atomic mass is 16.5. The zero-order chi connectivity index (χ0) is 9.10. The van der Waals surface area contributed by atoms with Crippen molar-refractivity contribution in [2.45, 2.75) is 31.6 Å². The maximum absolute atomic E-state index is 5.10. The topological polar surface area (TPSA) is 22.1 Å². The van der Waals surface area contributed by atoms with Crippen LogP contribution in [0.15, 0.2) is 18.2 Å². The van der Waals surface area contributed by atoms with Crippen molar-refractivity contribution in [3.8, 4) is 5.88 Å². The number of hydrogen-bond donors (Lipinski definition) is 0. The summed E-state index contributed by atoms with van der Waals surface area (Å²) in [6.45, 7) is 0. The van der Waals surface area contributed by atoms with Crippen molar-refractivity contribution in [1.82, 2.24) is 4.98 Å². The second-order valence-electron chi connectivity index (χ2n) is 3.59. The maximum Gasteiger partial charge on any atom is 0.213 e. The molecule has 1 aliphatic carbocycles. The van der Waals surface area contributed by atoms with E-state index < -0.39 is 0 Å². The lowest BCUT2D eigenvalue weighted by molar-refractivity contribution is 0.395. The molecule has 0 N–H and O–H groups in total. The first kappa shape index (κ1) is 8.54. The van der Waals surface area contributed by atoms with E-state index in [1.807, 2.05) is 12.1 Å². The minimum Gasteiger partial charge on any atom is -0.481 e. The lowest BCUT2D eigenvalue weighted by Gasteiger charge is -2.08. The molecule has 2 rings (SSSR count). The summed E-state index contributed by atoms with van der Waals surface area (Å²) in [5, 5.41) is 0. The molecule has 0 bridgehead atoms. The Bertz CT molecular complexity index is 279. The molecule has 1 saturated carbocycles. The molecule has 2 nitrogen and oxygen atoms in total. The number of pyridine rings is 1. The van der Waals surface area contributed by atoms with E-state index in [-0.39, 0.29) is 0 Å². The Balaban J connectivity index is 2.18. The molecule has 0 amide bonds. The molecule has 1 aromatic rings. The average molecular weight is 177 g/mol. The van der Waals surface area contributed by atoms with Gasteiger partial charge < -0.3 is 4.74 Å². The summed E-state index contributed by atoms with van der Waals surface area (Å²) >= 11 is 0. The fourth-order valence-electron chi connectivity index (χ4n) is 1.99. The molecule has 0 aromatic carbocycles. The van der Waals surface area contributed by atoms with Gasteiger partial charge in [0.25, 0.3) is 0 Å². The number of aromatic nitrogens is 1. The Kier molecular flexibility index (Phi) is 2.48. The van der Waals surface area contributed by atoms with Crippen LogP contribution in [-0.4, -0.2) is 12.1 Å². The fourth-order valence-corrected chi connectivity index (χ4v) is 1.99. The molecule has 1 aromatic heterocycles. The summed E-state index contributed by atoms with van der Waals surface area (Å²) in [4.78, 5) is 4.45. The summed E-state index contributed by atoms with van der Waals surface area (Å²) in [6.07, 6.45) is 5.29. The first-order valence-electron chi connectivity index (χ1n) is 4.91. The third kappa shape index (κ3) is 1.82. The third-order valence-corrected chi connectivity index (χ3v) is 2.73. The van der Waals surface area contributed by atoms with E-state index in [4.69, 9.17) is 4.74 Å². The van der Waals surface area contributed by atoms with Crippen molar-refractivity contribution >= 4 is 0 Å². The van der Waals surface area contributed by atoms with E-state index in [2.05, 4.69) is 11.1 Å². The van der Waals surface area contributed by atoms with Crippen LogP contribution in [0, 0.1) is 0 Å². The smallest absolute Gasteiger partial charge is 0.213 e. The molecule has 0 radical (unpaired) electrons. The molecule has 2 heteroatoms. The third-order valence-electron chi connectivity index (χ3n) is 2.73. The van der Waals surface area contributed by atoms with Gasteiger partial charge in [-0.25, -0.2) is 4.98 Å². The highest BCUT2D eigenvalue weighted by Crippen LogP contribution is 2.33. The van der Waals surface area contributed by atoms with Crippen LogP contribution in [0.25, 0.3) is 0 Å². The van der Waals surface area contributed by atoms with Crippen LogP contribution in [0.1, 0.15) is 37.3 Å². The van der Waals surface area contributed by atoms with Gasteiger partial charge in [-0.1, -0.05) is 18.9 Å². The maximum atomic E-state index is 5.10. The first-order valence-corrected chi connectivity index (χ1v) is 4.91. The quantitative estimate of drug-likeness (QED) is 0.693. The standard InChI is InChI=1S/C11H15NO/c1-13-11-8-4-7-10(12-11)9-5-2-3-6-9/h4,7-9H,2-3,5-6H2,1H3. The molecular weight excluding hydrogens is 162 g/mol. The monoisotopic (exact) mass is 177 g/mol. The predicted molar refractivity (Wildman–Crippen MR) is 52.0 cm³/mol. The molecule has 0 aliphatic heterocycles. The minimum atomic E-state index is 0.676. The normalized spacial score (nSPS) is 17.6. The van der Waals surface area contributed by atoms with Gasteiger partial charge in [-0.3, -0.25) is 0 Å². The van der Waals surface area contributed by atoms with Crippen LogP contribution in [0.3, 0.4) is 0 Å². The van der Waals surface area contributed by atoms with E-state index >= 15 is 0 Å². The molecule has 0 spiro atoms. The fraction of sp³-hybridized carbons (Fsp3) is 0.545. The van der Waals surface area contributed by atoms with E-state index in [9.17, 15) is 0 Å². The lowest BCUT2D eigenvalue weighted by atomic mass is 10.0. The molecular formula is C11H15NO. The molecule has 1 fully saturated rings. The van der Waals surface area contributed by atoms with Crippen LogP contribution in [0.4, 0.5) is 0 Å². The van der Waals surface area contributed by atoms with Crippen molar-refractivity contribution in [2.24, 2.45) is 0 Å². The second-order valence-corrected chi connectivity index (χ2v) is 3.59. The van der Waals surface area contributed by atoms with E-state index in [0.29, 0.717) is 5.92 Å². The number of rotatable bonds is 2. The van der Waals surface area contributed by atoms with Crippen molar-refractivity contribution in [3.05, 3.63) is 23.9 Å². The summed E-state index contributed by atoms with van der Waals surface area (Å²) < 4.78 is 5.10. The number of ether oxygens (including phenoxy) is 1. The Morgan fingerprint density at radius 1 is 1.31 bits per heavy atom. The molecule has 0 saturated heterocycles. The highest BCUT2D eigenvalue weighted by Gasteiger charge is 2.18. The van der Waals surface area contributed by atoms with Gasteiger partial charge >= 0.3 is 0 Å². The van der Waals surface area contributed by atoms with Gasteiger partial charge in [-0.15, -0.1) is 0 Å². The summed E-state index contributed by atoms with van der Waals surface area (Å²) in [7, 11) is 1.67. The van der Waals surface area contributed by atoms with E-state index in [1.165, 1.54) is 31.4 Å². The largest absolute Gasteiger partial charge is 0.481 e. The van der Waals surface area contributed by atoms with Crippen molar-refractivity contribution < 1.29 is 4.74 Å². The Morgan fingerprint density at radius 3 is 2.77 bits per heavy atom. The van der Waals surface area contributed by atoms with E-state index in [0.717, 1.165) is 5.88 Å². The van der Waals surface area contributed by atoms with E-state index in [1.54, 1.807) is 7.11 Å². The van der Waals surface area contributed by atoms with Gasteiger partial charge in [0.1, 0.15) is 0 Å². The van der Waals surface area contributed by atoms with Crippen molar-refractivity contribution in [2.75, 3.05) is 7.11 Å². The van der Waals surface area contributed by atoms with Crippen LogP contribution < -0.4 is 4.74 Å². The highest BCUT2D eigenvalue weighted by molar-refractivity contribution is 5.19. The van der Waals surface area contributed by atoms with Gasteiger partial charge in [0.05, 0.1) is 7.11 Å². The van der Waals surface area contributed by atoms with Crippen LogP contribution in [0.5, 0.6) is 5.88 Å². The Hall–Kier alpha value is -1.05. The lowest BCUT2D eigenvalue weighted by Crippen LogP contribution is -1.97. The predicted octanol–water partition coefficient (Wildman–Crippen LogP) is 2.75. The van der Waals surface area contributed by atoms with Gasteiger partial charge in [-0.05, 0) is 18.9 Å². The van der Waals surface area contributed by atoms with Crippen molar-refractivity contribution in [3.63, 3.8) is 0 Å². The average Bonchev–Trinajstić information content (AvgIpc) is 2.71. The van der Waals surface area contributed by atoms with Gasteiger partial charge in [0, 0.05) is 17.7 Å². The first-order chi connectivity index (χ1) is 6.40. The molecule has 1 aliphatic rings. The molecule has 0 atom stereocenters. The summed E-state index contributed by atoms with van der Waals surface area (Å²) in [6, 6.07) is 6.04. The number of methoxy groups -OCH3 is 1. The minimum absolute atomic E-state index is 0.676. The van der Waals surface area contributed by atoms with Gasteiger partial charge in [-0.2, -0.15) is 0 Å². The van der Waals surface area contributed by atoms with Gasteiger partial charge in [0.15, 0.2) is 0 Å². The second kappa shape index (κ2) is 3.77. The zero-order valence-electron chi connectivity index (χ0n) is 7.99. The SMILES string of the molecule is COc1cccc(C2CCCC2)n1. The molecule has 13 heavy (non-hydrogen) atoms. The zero-order valence-corrected chi connectivity index (χ0v) is 7.99. The van der Waals surface area contributed by atoms with Crippen LogP contribution in [0.2, 0.25) is 0 Å². The Morgan fingerprint density at radius 2 is 2.08 bits per heavy atom. The van der Waals surface area contributed by atoms with Crippen LogP contribution >= 0.6 is 0 Å². The molecule has 70 valence electrons. The Labute approximate surface area is 78.9 Å². The molecule has 1 heterocycles. The number of nitrogens with zero attached hydrogens (tertiary/aromatic N) is 1. The van der Waals surface area contributed by atoms with Crippen LogP contribution in [-0.2, 0) is 0 Å². The van der Waals surface area contributed by atoms with Gasteiger partial charge in [0.2, 0.25) is 5.88 Å². The number of hydrogen-bond acceptors (Lipinski definition) is 2. The molecule has 0 unspecified atom stereocenters. The summed E-state index contributed by atoms with van der Waals surface area (Å²) in [5.74, 6) is 1.42. The van der Waals surface area contributed by atoms with Crippen molar-refractivity contribution in [1.29, 1.82) is 0 Å². The summed E-state index contributed by atoms with van der Waals surface area (Å²) in [5.41, 5.74) is 1.21.